The van der Waals surface area contributed by atoms with E-state index in [1.165, 1.54) is 10.6 Å². The number of aliphatic hydroxyl groups excluding tert-OH is 1. The van der Waals surface area contributed by atoms with E-state index in [0.717, 1.165) is 12.8 Å². The fourth-order valence-electron chi connectivity index (χ4n) is 1.41. The summed E-state index contributed by atoms with van der Waals surface area (Å²) in [4.78, 5) is 0. The second-order valence-corrected chi connectivity index (χ2v) is 5.00. The molecule has 5 heteroatoms. The first kappa shape index (κ1) is 12.9. The summed E-state index contributed by atoms with van der Waals surface area (Å²) in [5.41, 5.74) is 0. The van der Waals surface area contributed by atoms with Gasteiger partial charge in [0.15, 0.2) is 0 Å². The Hall–Kier alpha value is -0.130. The van der Waals surface area contributed by atoms with Crippen LogP contribution in [0.1, 0.15) is 26.7 Å². The zero-order valence-electron chi connectivity index (χ0n) is 8.52. The lowest BCUT2D eigenvalue weighted by Crippen LogP contribution is -2.40. The predicted octanol–water partition coefficient (Wildman–Crippen LogP) is 0.429. The second-order valence-electron chi connectivity index (χ2n) is 3.07. The Bertz CT molecular complexity index is 222. The minimum Gasteiger partial charge on any atom is -0.395 e. The third-order valence-electron chi connectivity index (χ3n) is 2.10. The Labute approximate surface area is 80.6 Å². The molecule has 0 atom stereocenters. The molecule has 1 N–H and O–H groups in total. The van der Waals surface area contributed by atoms with Crippen LogP contribution < -0.4 is 0 Å². The summed E-state index contributed by atoms with van der Waals surface area (Å²) in [5, 5.41) is 8.73. The van der Waals surface area contributed by atoms with Gasteiger partial charge in [-0.2, -0.15) is 4.31 Å². The van der Waals surface area contributed by atoms with Crippen molar-refractivity contribution in [2.24, 2.45) is 0 Å². The molecule has 0 heterocycles. The van der Waals surface area contributed by atoms with Gasteiger partial charge in [-0.15, -0.1) is 0 Å². The summed E-state index contributed by atoms with van der Waals surface area (Å²) in [5.74, 6) is 0. The Kier molecular flexibility index (Phi) is 5.51. The molecule has 0 saturated carbocycles. The van der Waals surface area contributed by atoms with Crippen LogP contribution in [0.4, 0.5) is 0 Å². The van der Waals surface area contributed by atoms with Crippen molar-refractivity contribution < 1.29 is 13.5 Å². The number of hydrogen-bond acceptors (Lipinski definition) is 3. The van der Waals surface area contributed by atoms with Crippen LogP contribution in [0.5, 0.6) is 0 Å². The SMILES string of the molecule is CCC(CC)N(CCO)S(C)(=O)=O. The molecule has 0 radical (unpaired) electrons. The molecule has 0 saturated heterocycles. The first-order valence-corrected chi connectivity index (χ1v) is 6.39. The van der Waals surface area contributed by atoms with E-state index in [0.29, 0.717) is 0 Å². The summed E-state index contributed by atoms with van der Waals surface area (Å²) in [6.45, 7) is 3.97. The number of rotatable bonds is 6. The molecule has 0 unspecified atom stereocenters. The van der Waals surface area contributed by atoms with Crippen molar-refractivity contribution in [3.63, 3.8) is 0 Å². The van der Waals surface area contributed by atoms with Crippen molar-refractivity contribution in [2.75, 3.05) is 19.4 Å². The Balaban J connectivity index is 4.58. The number of nitrogens with zero attached hydrogens (tertiary/aromatic N) is 1. The van der Waals surface area contributed by atoms with E-state index in [1.807, 2.05) is 13.8 Å². The van der Waals surface area contributed by atoms with Gasteiger partial charge in [0.2, 0.25) is 10.0 Å². The van der Waals surface area contributed by atoms with Crippen LogP contribution in [0.25, 0.3) is 0 Å². The number of sulfonamides is 1. The maximum atomic E-state index is 11.3. The molecule has 0 aliphatic rings. The van der Waals surface area contributed by atoms with E-state index < -0.39 is 10.0 Å². The summed E-state index contributed by atoms with van der Waals surface area (Å²) < 4.78 is 24.0. The molecule has 0 aromatic rings. The zero-order valence-corrected chi connectivity index (χ0v) is 9.34. The molecule has 0 aromatic heterocycles. The van der Waals surface area contributed by atoms with E-state index in [-0.39, 0.29) is 19.2 Å². The lowest BCUT2D eigenvalue weighted by atomic mass is 10.2. The molecule has 0 rings (SSSR count). The molecular weight excluding hydrogens is 190 g/mol. The lowest BCUT2D eigenvalue weighted by Gasteiger charge is -2.27. The average Bonchev–Trinajstić information content (AvgIpc) is 2.03. The van der Waals surface area contributed by atoms with Gasteiger partial charge in [0.05, 0.1) is 12.9 Å². The van der Waals surface area contributed by atoms with Crippen LogP contribution >= 0.6 is 0 Å². The van der Waals surface area contributed by atoms with Crippen LogP contribution in [0.15, 0.2) is 0 Å². The minimum absolute atomic E-state index is 0.0159. The van der Waals surface area contributed by atoms with Gasteiger partial charge < -0.3 is 5.11 Å². The smallest absolute Gasteiger partial charge is 0.211 e. The molecule has 0 aromatic carbocycles. The van der Waals surface area contributed by atoms with E-state index in [4.69, 9.17) is 5.11 Å². The van der Waals surface area contributed by atoms with Crippen molar-refractivity contribution in [1.82, 2.24) is 4.31 Å². The van der Waals surface area contributed by atoms with E-state index in [2.05, 4.69) is 0 Å². The Morgan fingerprint density at radius 2 is 1.77 bits per heavy atom. The summed E-state index contributed by atoms with van der Waals surface area (Å²) in [6, 6.07) is 0.0159. The zero-order chi connectivity index (χ0) is 10.5. The fourth-order valence-corrected chi connectivity index (χ4v) is 2.67. The van der Waals surface area contributed by atoms with Crippen molar-refractivity contribution in [3.8, 4) is 0 Å². The first-order valence-electron chi connectivity index (χ1n) is 4.55. The second kappa shape index (κ2) is 5.57. The summed E-state index contributed by atoms with van der Waals surface area (Å²) >= 11 is 0. The molecule has 0 amide bonds. The van der Waals surface area contributed by atoms with Gasteiger partial charge in [0.25, 0.3) is 0 Å². The normalized spacial score (nSPS) is 12.8. The van der Waals surface area contributed by atoms with Gasteiger partial charge in [-0.1, -0.05) is 13.8 Å². The van der Waals surface area contributed by atoms with E-state index in [1.54, 1.807) is 0 Å². The first-order chi connectivity index (χ1) is 5.97. The largest absolute Gasteiger partial charge is 0.395 e. The molecule has 13 heavy (non-hydrogen) atoms. The van der Waals surface area contributed by atoms with Crippen LogP contribution in [-0.4, -0.2) is 43.3 Å². The molecule has 80 valence electrons. The van der Waals surface area contributed by atoms with Crippen LogP contribution in [0.2, 0.25) is 0 Å². The van der Waals surface area contributed by atoms with Gasteiger partial charge in [0, 0.05) is 12.6 Å². The van der Waals surface area contributed by atoms with E-state index >= 15 is 0 Å². The van der Waals surface area contributed by atoms with Crippen LogP contribution in [0, 0.1) is 0 Å². The highest BCUT2D eigenvalue weighted by Crippen LogP contribution is 2.11. The van der Waals surface area contributed by atoms with Crippen LogP contribution in [-0.2, 0) is 10.0 Å². The van der Waals surface area contributed by atoms with Gasteiger partial charge in [-0.05, 0) is 12.8 Å². The third-order valence-corrected chi connectivity index (χ3v) is 3.43. The van der Waals surface area contributed by atoms with Crippen LogP contribution in [0.3, 0.4) is 0 Å². The van der Waals surface area contributed by atoms with Crippen molar-refractivity contribution in [1.29, 1.82) is 0 Å². The van der Waals surface area contributed by atoms with Gasteiger partial charge in [-0.25, -0.2) is 8.42 Å². The Morgan fingerprint density at radius 1 is 1.31 bits per heavy atom. The average molecular weight is 209 g/mol. The number of hydrogen-bond donors (Lipinski definition) is 1. The minimum atomic E-state index is -3.18. The highest BCUT2D eigenvalue weighted by molar-refractivity contribution is 7.88. The highest BCUT2D eigenvalue weighted by atomic mass is 32.2. The molecular formula is C8H19NO3S. The van der Waals surface area contributed by atoms with Crippen molar-refractivity contribution in [2.45, 2.75) is 32.7 Å². The molecule has 0 spiro atoms. The van der Waals surface area contributed by atoms with Crippen molar-refractivity contribution in [3.05, 3.63) is 0 Å². The van der Waals surface area contributed by atoms with Gasteiger partial charge in [-0.3, -0.25) is 0 Å². The monoisotopic (exact) mass is 209 g/mol. The number of aliphatic hydroxyl groups is 1. The Morgan fingerprint density at radius 3 is 2.00 bits per heavy atom. The summed E-state index contributed by atoms with van der Waals surface area (Å²) in [7, 11) is -3.18. The third kappa shape index (κ3) is 4.06. The fraction of sp³-hybridized carbons (Fsp3) is 1.00. The topological polar surface area (TPSA) is 57.6 Å². The lowest BCUT2D eigenvalue weighted by molar-refractivity contribution is 0.220. The quantitative estimate of drug-likeness (QED) is 0.690. The standard InChI is InChI=1S/C8H19NO3S/c1-4-8(5-2)9(6-7-10)13(3,11)12/h8,10H,4-7H2,1-3H3. The summed E-state index contributed by atoms with van der Waals surface area (Å²) in [6.07, 6.45) is 2.74. The molecule has 0 aliphatic heterocycles. The van der Waals surface area contributed by atoms with Gasteiger partial charge >= 0.3 is 0 Å². The maximum Gasteiger partial charge on any atom is 0.211 e. The highest BCUT2D eigenvalue weighted by Gasteiger charge is 2.22. The van der Waals surface area contributed by atoms with Gasteiger partial charge in [0.1, 0.15) is 0 Å². The molecule has 4 nitrogen and oxygen atoms in total. The van der Waals surface area contributed by atoms with Crippen molar-refractivity contribution >= 4 is 10.0 Å². The maximum absolute atomic E-state index is 11.3. The molecule has 0 aliphatic carbocycles. The predicted molar refractivity (Wildman–Crippen MR) is 53.0 cm³/mol. The molecule has 0 bridgehead atoms. The molecule has 0 fully saturated rings. The van der Waals surface area contributed by atoms with E-state index in [9.17, 15) is 8.42 Å².